The number of rotatable bonds is 3. The fourth-order valence-electron chi connectivity index (χ4n) is 3.54. The van der Waals surface area contributed by atoms with Crippen LogP contribution >= 0.6 is 11.6 Å². The lowest BCUT2D eigenvalue weighted by Crippen LogP contribution is -3.22. The van der Waals surface area contributed by atoms with E-state index in [9.17, 15) is 9.59 Å². The zero-order valence-electron chi connectivity index (χ0n) is 13.2. The molecule has 1 unspecified atom stereocenters. The van der Waals surface area contributed by atoms with Crippen molar-refractivity contribution in [2.24, 2.45) is 0 Å². The Hall–Kier alpha value is -1.59. The average molecular weight is 338 g/mol. The molecule has 2 aliphatic rings. The monoisotopic (exact) mass is 337 g/mol. The van der Waals surface area contributed by atoms with E-state index in [1.165, 1.54) is 11.3 Å². The Bertz CT molecular complexity index is 620. The third-order valence-corrected chi connectivity index (χ3v) is 5.29. The summed E-state index contributed by atoms with van der Waals surface area (Å²) < 4.78 is 5.29. The Balaban J connectivity index is 1.68. The van der Waals surface area contributed by atoms with Gasteiger partial charge < -0.3 is 15.0 Å². The molecule has 1 aromatic carbocycles. The first-order valence-corrected chi connectivity index (χ1v) is 8.51. The maximum absolute atomic E-state index is 12.4. The van der Waals surface area contributed by atoms with Crippen molar-refractivity contribution in [3.63, 3.8) is 0 Å². The number of quaternary nitrogens is 1. The molecule has 3 rings (SSSR count). The van der Waals surface area contributed by atoms with Crippen LogP contribution in [0, 0.1) is 6.92 Å². The highest BCUT2D eigenvalue weighted by molar-refractivity contribution is 6.31. The molecule has 124 valence electrons. The molecule has 2 saturated heterocycles. The molecule has 2 aliphatic heterocycles. The summed E-state index contributed by atoms with van der Waals surface area (Å²) >= 11 is 6.07. The third kappa shape index (κ3) is 3.51. The van der Waals surface area contributed by atoms with E-state index in [-0.39, 0.29) is 18.3 Å². The van der Waals surface area contributed by atoms with Crippen LogP contribution < -0.4 is 10.2 Å². The molecule has 0 saturated carbocycles. The summed E-state index contributed by atoms with van der Waals surface area (Å²) in [6.07, 6.45) is 3.49. The van der Waals surface area contributed by atoms with Crippen LogP contribution in [0.5, 0.6) is 0 Å². The number of carbonyl (C=O) groups excluding carboxylic acids is 2. The summed E-state index contributed by atoms with van der Waals surface area (Å²) in [5, 5.41) is 3.48. The molecule has 5 nitrogen and oxygen atoms in total. The Morgan fingerprint density at radius 2 is 2.26 bits per heavy atom. The molecule has 0 aromatic heterocycles. The number of nitrogens with one attached hydrogen (secondary N) is 2. The second-order valence-electron chi connectivity index (χ2n) is 6.36. The number of piperidine rings is 1. The van der Waals surface area contributed by atoms with Crippen LogP contribution in [0.4, 0.5) is 5.69 Å². The molecule has 0 bridgehead atoms. The maximum atomic E-state index is 12.4. The first-order valence-electron chi connectivity index (χ1n) is 8.13. The number of esters is 1. The van der Waals surface area contributed by atoms with E-state index >= 15 is 0 Å². The average Bonchev–Trinajstić information content (AvgIpc) is 2.54. The molecular formula is C17H22ClN2O3+. The largest absolute Gasteiger partial charge is 0.455 e. The second kappa shape index (κ2) is 6.89. The van der Waals surface area contributed by atoms with Gasteiger partial charge in [-0.2, -0.15) is 0 Å². The van der Waals surface area contributed by atoms with Crippen molar-refractivity contribution in [3.05, 3.63) is 28.8 Å². The van der Waals surface area contributed by atoms with Crippen LogP contribution in [0.1, 0.15) is 31.2 Å². The van der Waals surface area contributed by atoms with Crippen molar-refractivity contribution >= 4 is 29.2 Å². The van der Waals surface area contributed by atoms with Crippen molar-refractivity contribution in [3.8, 4) is 0 Å². The van der Waals surface area contributed by atoms with Crippen LogP contribution in [0.2, 0.25) is 5.02 Å². The Labute approximate surface area is 140 Å². The number of carbonyl (C=O) groups is 2. The highest BCUT2D eigenvalue weighted by Gasteiger charge is 2.43. The minimum absolute atomic E-state index is 0.149. The van der Waals surface area contributed by atoms with Crippen molar-refractivity contribution in [2.75, 3.05) is 18.5 Å². The van der Waals surface area contributed by atoms with Gasteiger partial charge in [-0.05, 0) is 37.5 Å². The first-order chi connectivity index (χ1) is 11.1. The van der Waals surface area contributed by atoms with E-state index in [0.29, 0.717) is 23.4 Å². The molecule has 0 spiro atoms. The van der Waals surface area contributed by atoms with E-state index in [1.54, 1.807) is 12.1 Å². The van der Waals surface area contributed by atoms with Crippen LogP contribution in [0.3, 0.4) is 0 Å². The van der Waals surface area contributed by atoms with Crippen LogP contribution in [-0.4, -0.2) is 37.1 Å². The zero-order valence-corrected chi connectivity index (χ0v) is 14.0. The molecule has 23 heavy (non-hydrogen) atoms. The van der Waals surface area contributed by atoms with Gasteiger partial charge >= 0.3 is 5.97 Å². The molecule has 0 radical (unpaired) electrons. The number of hydrogen-bond acceptors (Lipinski definition) is 3. The summed E-state index contributed by atoms with van der Waals surface area (Å²) in [7, 11) is 0. The number of benzene rings is 1. The van der Waals surface area contributed by atoms with Crippen LogP contribution in [0.15, 0.2) is 18.2 Å². The Morgan fingerprint density at radius 3 is 3.09 bits per heavy atom. The number of ether oxygens (including phenoxy) is 1. The van der Waals surface area contributed by atoms with Gasteiger partial charge in [0.2, 0.25) is 5.91 Å². The third-order valence-electron chi connectivity index (χ3n) is 4.88. The van der Waals surface area contributed by atoms with Gasteiger partial charge in [0, 0.05) is 17.1 Å². The lowest BCUT2D eigenvalue weighted by molar-refractivity contribution is -0.951. The fraction of sp³-hybridized carbons (Fsp3) is 0.529. The highest BCUT2D eigenvalue weighted by atomic mass is 35.5. The SMILES string of the molecule is Cc1c(Cl)cccc1NC(=O)C[C@H]1C(=O)OC[C@@H]2CCCC[NH+]21. The van der Waals surface area contributed by atoms with Crippen LogP contribution in [0.25, 0.3) is 0 Å². The van der Waals surface area contributed by atoms with Gasteiger partial charge in [0.05, 0.1) is 13.0 Å². The molecule has 3 atom stereocenters. The highest BCUT2D eigenvalue weighted by Crippen LogP contribution is 2.23. The van der Waals surface area contributed by atoms with E-state index in [4.69, 9.17) is 16.3 Å². The second-order valence-corrected chi connectivity index (χ2v) is 6.77. The van der Waals surface area contributed by atoms with Gasteiger partial charge in [0.25, 0.3) is 0 Å². The van der Waals surface area contributed by atoms with Crippen molar-refractivity contribution < 1.29 is 19.2 Å². The lowest BCUT2D eigenvalue weighted by atomic mass is 9.97. The molecule has 0 aliphatic carbocycles. The minimum Gasteiger partial charge on any atom is -0.455 e. The maximum Gasteiger partial charge on any atom is 0.365 e. The number of cyclic esters (lactones) is 1. The number of hydrogen-bond donors (Lipinski definition) is 2. The molecule has 6 heteroatoms. The number of amides is 1. The van der Waals surface area contributed by atoms with Gasteiger partial charge in [-0.25, -0.2) is 4.79 Å². The van der Waals surface area contributed by atoms with Gasteiger partial charge in [0.1, 0.15) is 12.6 Å². The first kappa shape index (κ1) is 16.3. The quantitative estimate of drug-likeness (QED) is 0.818. The Kier molecular flexibility index (Phi) is 4.87. The van der Waals surface area contributed by atoms with Crippen molar-refractivity contribution in [2.45, 2.75) is 44.7 Å². The van der Waals surface area contributed by atoms with E-state index in [1.807, 2.05) is 13.0 Å². The van der Waals surface area contributed by atoms with Gasteiger partial charge in [0.15, 0.2) is 6.04 Å². The molecular weight excluding hydrogens is 316 g/mol. The lowest BCUT2D eigenvalue weighted by Gasteiger charge is -2.40. The summed E-state index contributed by atoms with van der Waals surface area (Å²) in [6, 6.07) is 5.34. The van der Waals surface area contributed by atoms with Gasteiger partial charge in [-0.1, -0.05) is 17.7 Å². The van der Waals surface area contributed by atoms with Crippen molar-refractivity contribution in [1.82, 2.24) is 0 Å². The van der Waals surface area contributed by atoms with E-state index in [0.717, 1.165) is 24.9 Å². The zero-order chi connectivity index (χ0) is 16.4. The predicted molar refractivity (Wildman–Crippen MR) is 87.7 cm³/mol. The van der Waals surface area contributed by atoms with E-state index < -0.39 is 6.04 Å². The standard InChI is InChI=1S/C17H21ClN2O3/c1-11-13(18)6-4-7-14(11)19-16(21)9-15-17(22)23-10-12-5-2-3-8-20(12)15/h4,6-7,12,15H,2-3,5,8-10H2,1H3,(H,19,21)/p+1/t12-,15-/m0/s1. The molecule has 2 heterocycles. The molecule has 2 fully saturated rings. The molecule has 2 N–H and O–H groups in total. The minimum atomic E-state index is -0.395. The number of halogens is 1. The number of morpholine rings is 1. The topological polar surface area (TPSA) is 59.8 Å². The Morgan fingerprint density at radius 1 is 1.43 bits per heavy atom. The predicted octanol–water partition coefficient (Wildman–Crippen LogP) is 1.34. The smallest absolute Gasteiger partial charge is 0.365 e. The molecule has 1 aromatic rings. The summed E-state index contributed by atoms with van der Waals surface area (Å²) in [5.74, 6) is -0.424. The summed E-state index contributed by atoms with van der Waals surface area (Å²) in [5.41, 5.74) is 1.52. The van der Waals surface area contributed by atoms with Gasteiger partial charge in [-0.15, -0.1) is 0 Å². The molecule has 1 amide bonds. The van der Waals surface area contributed by atoms with E-state index in [2.05, 4.69) is 5.32 Å². The van der Waals surface area contributed by atoms with Crippen molar-refractivity contribution in [1.29, 1.82) is 0 Å². The normalized spacial score (nSPS) is 27.0. The fourth-order valence-corrected chi connectivity index (χ4v) is 3.71. The summed E-state index contributed by atoms with van der Waals surface area (Å²) in [6.45, 7) is 3.28. The van der Waals surface area contributed by atoms with Gasteiger partial charge in [-0.3, -0.25) is 4.79 Å². The van der Waals surface area contributed by atoms with Crippen LogP contribution in [-0.2, 0) is 14.3 Å². The number of anilines is 1. The summed E-state index contributed by atoms with van der Waals surface area (Å²) in [4.78, 5) is 25.7. The number of fused-ring (bicyclic) bond motifs is 1.